The minimum atomic E-state index is -0.0423. The maximum atomic E-state index is 12.4. The molecule has 2 aliphatic carbocycles. The van der Waals surface area contributed by atoms with E-state index in [2.05, 4.69) is 11.4 Å². The van der Waals surface area contributed by atoms with E-state index in [0.29, 0.717) is 6.61 Å². The summed E-state index contributed by atoms with van der Waals surface area (Å²) in [6.07, 6.45) is 6.93. The largest absolute Gasteiger partial charge is 0.376 e. The van der Waals surface area contributed by atoms with Crippen LogP contribution < -0.4 is 11.1 Å². The van der Waals surface area contributed by atoms with Gasteiger partial charge in [0.15, 0.2) is 0 Å². The Morgan fingerprint density at radius 3 is 3.00 bits per heavy atom. The molecule has 1 aromatic rings. The van der Waals surface area contributed by atoms with Crippen LogP contribution in [0.4, 0.5) is 0 Å². The molecule has 116 valence electrons. The summed E-state index contributed by atoms with van der Waals surface area (Å²) in [4.78, 5) is 14.7. The molecule has 3 N–H and O–H groups in total. The van der Waals surface area contributed by atoms with Crippen molar-refractivity contribution in [3.8, 4) is 0 Å². The molecule has 0 aromatic carbocycles. The average molecular weight is 308 g/mol. The minimum absolute atomic E-state index is 0.0120. The van der Waals surface area contributed by atoms with Crippen LogP contribution in [0.5, 0.6) is 0 Å². The van der Waals surface area contributed by atoms with E-state index in [1.807, 2.05) is 6.92 Å². The van der Waals surface area contributed by atoms with E-state index < -0.39 is 0 Å². The Hall–Kier alpha value is -0.910. The summed E-state index contributed by atoms with van der Waals surface area (Å²) in [6.45, 7) is 2.64. The van der Waals surface area contributed by atoms with Crippen LogP contribution in [0.25, 0.3) is 0 Å². The van der Waals surface area contributed by atoms with Crippen molar-refractivity contribution >= 4 is 17.2 Å². The summed E-state index contributed by atoms with van der Waals surface area (Å²) in [5, 5.41) is 3.06. The second-order valence-corrected chi connectivity index (χ2v) is 7.15. The van der Waals surface area contributed by atoms with Gasteiger partial charge in [-0.05, 0) is 50.7 Å². The van der Waals surface area contributed by atoms with Crippen LogP contribution >= 0.6 is 11.3 Å². The minimum Gasteiger partial charge on any atom is -0.376 e. The standard InChI is InChI=1S/C16H24N2O2S/c1-2-20-12-9-11(17)15(12)18-16(19)14-8-10-6-4-3-5-7-13(10)21-14/h8,11-12,15H,2-7,9,17H2,1H3,(H,18,19). The van der Waals surface area contributed by atoms with Gasteiger partial charge in [-0.2, -0.15) is 0 Å². The monoisotopic (exact) mass is 308 g/mol. The third-order valence-corrected chi connectivity index (χ3v) is 5.75. The smallest absolute Gasteiger partial charge is 0.261 e. The lowest BCUT2D eigenvalue weighted by molar-refractivity contribution is -0.0299. The molecule has 3 unspecified atom stereocenters. The maximum Gasteiger partial charge on any atom is 0.261 e. The topological polar surface area (TPSA) is 64.3 Å². The predicted octanol–water partition coefficient (Wildman–Crippen LogP) is 2.25. The summed E-state index contributed by atoms with van der Waals surface area (Å²) in [7, 11) is 0. The fourth-order valence-electron chi connectivity index (χ4n) is 3.23. The van der Waals surface area contributed by atoms with E-state index in [0.717, 1.165) is 24.1 Å². The zero-order valence-corrected chi connectivity index (χ0v) is 13.4. The fraction of sp³-hybridized carbons (Fsp3) is 0.688. The molecule has 0 saturated heterocycles. The quantitative estimate of drug-likeness (QED) is 0.839. The highest BCUT2D eigenvalue weighted by molar-refractivity contribution is 7.14. The molecule has 1 aromatic heterocycles. The summed E-state index contributed by atoms with van der Waals surface area (Å²) >= 11 is 1.66. The average Bonchev–Trinajstić information content (AvgIpc) is 2.76. The first-order valence-electron chi connectivity index (χ1n) is 7.98. The van der Waals surface area contributed by atoms with Crippen LogP contribution in [0.15, 0.2) is 6.07 Å². The fourth-order valence-corrected chi connectivity index (χ4v) is 4.39. The number of amides is 1. The number of thiophene rings is 1. The maximum absolute atomic E-state index is 12.4. The van der Waals surface area contributed by atoms with E-state index in [1.165, 1.54) is 29.7 Å². The van der Waals surface area contributed by atoms with Crippen molar-refractivity contribution in [2.45, 2.75) is 63.6 Å². The lowest BCUT2D eigenvalue weighted by Crippen LogP contribution is -2.64. The second-order valence-electron chi connectivity index (χ2n) is 6.01. The highest BCUT2D eigenvalue weighted by Gasteiger charge is 2.40. The molecule has 3 atom stereocenters. The van der Waals surface area contributed by atoms with Gasteiger partial charge in [-0.1, -0.05) is 6.42 Å². The number of hydrogen-bond acceptors (Lipinski definition) is 4. The summed E-state index contributed by atoms with van der Waals surface area (Å²) in [5.41, 5.74) is 7.37. The molecule has 1 amide bonds. The lowest BCUT2D eigenvalue weighted by Gasteiger charge is -2.42. The van der Waals surface area contributed by atoms with Crippen molar-refractivity contribution in [2.75, 3.05) is 6.61 Å². The first-order valence-corrected chi connectivity index (χ1v) is 8.80. The summed E-state index contributed by atoms with van der Waals surface area (Å²) < 4.78 is 5.60. The number of carbonyl (C=O) groups is 1. The predicted molar refractivity (Wildman–Crippen MR) is 84.8 cm³/mol. The first-order chi connectivity index (χ1) is 10.2. The van der Waals surface area contributed by atoms with Crippen LogP contribution in [-0.2, 0) is 17.6 Å². The normalized spacial score (nSPS) is 28.4. The van der Waals surface area contributed by atoms with Gasteiger partial charge in [0.25, 0.3) is 5.91 Å². The van der Waals surface area contributed by atoms with Crippen LogP contribution in [0.1, 0.15) is 52.7 Å². The van der Waals surface area contributed by atoms with E-state index in [-0.39, 0.29) is 24.1 Å². The van der Waals surface area contributed by atoms with Gasteiger partial charge in [0, 0.05) is 17.5 Å². The van der Waals surface area contributed by atoms with Gasteiger partial charge in [0.2, 0.25) is 0 Å². The molecule has 0 radical (unpaired) electrons. The second kappa shape index (κ2) is 6.46. The molecule has 1 saturated carbocycles. The molecular formula is C16H24N2O2S. The number of carbonyl (C=O) groups excluding carboxylic acids is 1. The Balaban J connectivity index is 1.65. The Kier molecular flexibility index (Phi) is 4.62. The van der Waals surface area contributed by atoms with Gasteiger partial charge in [0.05, 0.1) is 17.0 Å². The van der Waals surface area contributed by atoms with Crippen molar-refractivity contribution in [2.24, 2.45) is 5.73 Å². The number of hydrogen-bond donors (Lipinski definition) is 2. The molecule has 0 spiro atoms. The molecule has 0 aliphatic heterocycles. The third kappa shape index (κ3) is 3.15. The van der Waals surface area contributed by atoms with Crippen LogP contribution in [0.3, 0.4) is 0 Å². The van der Waals surface area contributed by atoms with E-state index in [1.54, 1.807) is 11.3 Å². The number of nitrogens with one attached hydrogen (secondary N) is 1. The van der Waals surface area contributed by atoms with Crippen LogP contribution in [0, 0.1) is 0 Å². The Morgan fingerprint density at radius 1 is 1.43 bits per heavy atom. The van der Waals surface area contributed by atoms with Gasteiger partial charge in [-0.3, -0.25) is 4.79 Å². The van der Waals surface area contributed by atoms with Gasteiger partial charge >= 0.3 is 0 Å². The number of nitrogens with two attached hydrogens (primary N) is 1. The van der Waals surface area contributed by atoms with E-state index in [9.17, 15) is 4.79 Å². The molecule has 4 nitrogen and oxygen atoms in total. The molecule has 0 bridgehead atoms. The van der Waals surface area contributed by atoms with E-state index in [4.69, 9.17) is 10.5 Å². The third-order valence-electron chi connectivity index (χ3n) is 4.52. The van der Waals surface area contributed by atoms with E-state index >= 15 is 0 Å². The zero-order valence-electron chi connectivity index (χ0n) is 12.6. The van der Waals surface area contributed by atoms with Gasteiger partial charge < -0.3 is 15.8 Å². The molecule has 21 heavy (non-hydrogen) atoms. The highest BCUT2D eigenvalue weighted by atomic mass is 32.1. The van der Waals surface area contributed by atoms with Crippen LogP contribution in [-0.4, -0.2) is 30.7 Å². The molecule has 5 heteroatoms. The lowest BCUT2D eigenvalue weighted by atomic mass is 9.83. The number of ether oxygens (including phenoxy) is 1. The first kappa shape index (κ1) is 15.0. The molecular weight excluding hydrogens is 284 g/mol. The summed E-state index contributed by atoms with van der Waals surface area (Å²) in [6, 6.07) is 2.06. The highest BCUT2D eigenvalue weighted by Crippen LogP contribution is 2.30. The van der Waals surface area contributed by atoms with Crippen molar-refractivity contribution in [1.82, 2.24) is 5.32 Å². The molecule has 1 fully saturated rings. The van der Waals surface area contributed by atoms with Gasteiger partial charge in [-0.25, -0.2) is 0 Å². The number of rotatable bonds is 4. The van der Waals surface area contributed by atoms with Crippen molar-refractivity contribution in [1.29, 1.82) is 0 Å². The van der Waals surface area contributed by atoms with Gasteiger partial charge in [-0.15, -0.1) is 11.3 Å². The summed E-state index contributed by atoms with van der Waals surface area (Å²) in [5.74, 6) is 0.0120. The molecule has 3 rings (SSSR count). The van der Waals surface area contributed by atoms with Crippen molar-refractivity contribution in [3.63, 3.8) is 0 Å². The van der Waals surface area contributed by atoms with Crippen molar-refractivity contribution in [3.05, 3.63) is 21.4 Å². The SMILES string of the molecule is CCOC1CC(N)C1NC(=O)c1cc2c(s1)CCCCC2. The Bertz CT molecular complexity index is 489. The Labute approximate surface area is 130 Å². The number of fused-ring (bicyclic) bond motifs is 1. The van der Waals surface area contributed by atoms with Crippen molar-refractivity contribution < 1.29 is 9.53 Å². The molecule has 1 heterocycles. The molecule has 2 aliphatic rings. The Morgan fingerprint density at radius 2 is 2.24 bits per heavy atom. The van der Waals surface area contributed by atoms with Gasteiger partial charge in [0.1, 0.15) is 0 Å². The van der Waals surface area contributed by atoms with Crippen LogP contribution in [0.2, 0.25) is 0 Å². The zero-order chi connectivity index (χ0) is 14.8. The number of aryl methyl sites for hydroxylation is 2.